The highest BCUT2D eigenvalue weighted by atomic mass is 35.5. The van der Waals surface area contributed by atoms with Gasteiger partial charge in [-0.3, -0.25) is 4.79 Å². The zero-order valence-electron chi connectivity index (χ0n) is 15.0. The minimum absolute atomic E-state index is 0. The largest absolute Gasteiger partial charge is 0.380 e. The van der Waals surface area contributed by atoms with Crippen LogP contribution >= 0.6 is 36.4 Å². The average molecular weight is 431 g/mol. The zero-order valence-corrected chi connectivity index (χ0v) is 17.4. The van der Waals surface area contributed by atoms with Crippen molar-refractivity contribution in [3.05, 3.63) is 59.1 Å². The average Bonchev–Trinajstić information content (AvgIpc) is 3.00. The van der Waals surface area contributed by atoms with Crippen LogP contribution in [0.3, 0.4) is 0 Å². The molecule has 2 atom stereocenters. The van der Waals surface area contributed by atoms with Gasteiger partial charge in [0, 0.05) is 24.7 Å². The number of halogens is 3. The number of rotatable bonds is 6. The fourth-order valence-corrected chi connectivity index (χ4v) is 3.55. The van der Waals surface area contributed by atoms with E-state index in [9.17, 15) is 4.79 Å². The molecular weight excluding hydrogens is 405 g/mol. The molecule has 0 saturated heterocycles. The Bertz CT molecular complexity index is 728. The fraction of sp³-hybridized carbons (Fsp3) is 0.350. The summed E-state index contributed by atoms with van der Waals surface area (Å²) in [7, 11) is 0. The van der Waals surface area contributed by atoms with E-state index in [-0.39, 0.29) is 36.8 Å². The first-order chi connectivity index (χ1) is 12.1. The van der Waals surface area contributed by atoms with E-state index in [1.165, 1.54) is 5.56 Å². The molecule has 4 nitrogen and oxygen atoms in total. The van der Waals surface area contributed by atoms with Crippen LogP contribution in [0.4, 0.5) is 11.4 Å². The van der Waals surface area contributed by atoms with E-state index in [0.717, 1.165) is 24.9 Å². The molecule has 0 spiro atoms. The number of benzene rings is 2. The Hall–Kier alpha value is -1.46. The second-order valence-electron chi connectivity index (χ2n) is 6.64. The van der Waals surface area contributed by atoms with Gasteiger partial charge in [-0.25, -0.2) is 0 Å². The zero-order chi connectivity index (χ0) is 17.6. The lowest BCUT2D eigenvalue weighted by Crippen LogP contribution is -2.28. The summed E-state index contributed by atoms with van der Waals surface area (Å²) >= 11 is 6.34. The molecule has 27 heavy (non-hydrogen) atoms. The standard InChI is InChI=1S/C20H24ClN3O.2ClH/c21-17-12-16(24-20(25)11-15-7-4-8-18(15)22)9-10-19(17)23-13-14-5-2-1-3-6-14;;/h1-3,5-6,9-10,12,15,18,23H,4,7-8,11,13,22H2,(H,24,25);2*1H/t15-,18+;;/m0../s1. The van der Waals surface area contributed by atoms with Gasteiger partial charge < -0.3 is 16.4 Å². The summed E-state index contributed by atoms with van der Waals surface area (Å²) in [5.74, 6) is 0.297. The molecule has 0 heterocycles. The lowest BCUT2D eigenvalue weighted by atomic mass is 10.00. The Morgan fingerprint density at radius 1 is 1.11 bits per heavy atom. The molecule has 3 rings (SSSR count). The van der Waals surface area contributed by atoms with Crippen LogP contribution in [0.5, 0.6) is 0 Å². The number of anilines is 2. The van der Waals surface area contributed by atoms with E-state index < -0.39 is 0 Å². The van der Waals surface area contributed by atoms with Crippen molar-refractivity contribution >= 4 is 53.7 Å². The van der Waals surface area contributed by atoms with Crippen molar-refractivity contribution in [2.75, 3.05) is 10.6 Å². The van der Waals surface area contributed by atoms with Crippen molar-refractivity contribution in [3.63, 3.8) is 0 Å². The van der Waals surface area contributed by atoms with Crippen molar-refractivity contribution < 1.29 is 4.79 Å². The highest BCUT2D eigenvalue weighted by Gasteiger charge is 2.26. The third kappa shape index (κ3) is 6.89. The molecule has 1 fully saturated rings. The molecule has 4 N–H and O–H groups in total. The van der Waals surface area contributed by atoms with Gasteiger partial charge in [0.2, 0.25) is 5.91 Å². The summed E-state index contributed by atoms with van der Waals surface area (Å²) in [6, 6.07) is 15.8. The quantitative estimate of drug-likeness (QED) is 0.586. The summed E-state index contributed by atoms with van der Waals surface area (Å²) in [5, 5.41) is 6.83. The molecule has 1 aliphatic rings. The van der Waals surface area contributed by atoms with Gasteiger partial charge in [0.05, 0.1) is 10.7 Å². The maximum absolute atomic E-state index is 12.2. The van der Waals surface area contributed by atoms with Crippen LogP contribution in [0.1, 0.15) is 31.2 Å². The first-order valence-corrected chi connectivity index (χ1v) is 9.12. The maximum atomic E-state index is 12.2. The third-order valence-corrected chi connectivity index (χ3v) is 5.06. The van der Waals surface area contributed by atoms with E-state index in [1.807, 2.05) is 30.3 Å². The number of carbonyl (C=O) groups is 1. The molecule has 0 aromatic heterocycles. The highest BCUT2D eigenvalue weighted by molar-refractivity contribution is 6.33. The van der Waals surface area contributed by atoms with E-state index in [2.05, 4.69) is 22.8 Å². The van der Waals surface area contributed by atoms with Crippen LogP contribution in [0, 0.1) is 5.92 Å². The molecule has 0 radical (unpaired) electrons. The Balaban J connectivity index is 0.00000182. The monoisotopic (exact) mass is 429 g/mol. The van der Waals surface area contributed by atoms with Gasteiger partial charge in [-0.05, 0) is 42.5 Å². The van der Waals surface area contributed by atoms with Gasteiger partial charge in [-0.2, -0.15) is 0 Å². The minimum Gasteiger partial charge on any atom is -0.380 e. The SMILES string of the molecule is Cl.Cl.N[C@@H]1CCC[C@H]1CC(=O)Nc1ccc(NCc2ccccc2)c(Cl)c1. The summed E-state index contributed by atoms with van der Waals surface area (Å²) < 4.78 is 0. The summed E-state index contributed by atoms with van der Waals surface area (Å²) in [6.07, 6.45) is 3.66. The molecule has 7 heteroatoms. The Morgan fingerprint density at radius 2 is 1.85 bits per heavy atom. The first-order valence-electron chi connectivity index (χ1n) is 8.74. The second-order valence-corrected chi connectivity index (χ2v) is 7.05. The molecule has 1 aliphatic carbocycles. The second kappa shape index (κ2) is 11.4. The smallest absolute Gasteiger partial charge is 0.224 e. The highest BCUT2D eigenvalue weighted by Crippen LogP contribution is 2.29. The van der Waals surface area contributed by atoms with Crippen LogP contribution in [-0.2, 0) is 11.3 Å². The maximum Gasteiger partial charge on any atom is 0.224 e. The van der Waals surface area contributed by atoms with E-state index in [0.29, 0.717) is 29.6 Å². The molecule has 2 aromatic carbocycles. The van der Waals surface area contributed by atoms with Crippen LogP contribution in [0.15, 0.2) is 48.5 Å². The van der Waals surface area contributed by atoms with Crippen molar-refractivity contribution in [1.29, 1.82) is 0 Å². The number of hydrogen-bond acceptors (Lipinski definition) is 3. The lowest BCUT2D eigenvalue weighted by molar-refractivity contribution is -0.117. The number of amides is 1. The molecule has 1 amide bonds. The molecule has 148 valence electrons. The van der Waals surface area contributed by atoms with Gasteiger partial charge in [0.1, 0.15) is 0 Å². The van der Waals surface area contributed by atoms with Gasteiger partial charge >= 0.3 is 0 Å². The predicted octanol–water partition coefficient (Wildman–Crippen LogP) is 5.25. The Morgan fingerprint density at radius 3 is 2.48 bits per heavy atom. The van der Waals surface area contributed by atoms with Crippen LogP contribution in [0.2, 0.25) is 5.02 Å². The Labute approximate surface area is 178 Å². The molecule has 2 aromatic rings. The number of carbonyl (C=O) groups excluding carboxylic acids is 1. The van der Waals surface area contributed by atoms with Crippen molar-refractivity contribution in [2.45, 2.75) is 38.3 Å². The summed E-state index contributed by atoms with van der Waals surface area (Å²) in [6.45, 7) is 0.700. The molecule has 1 saturated carbocycles. The van der Waals surface area contributed by atoms with Crippen LogP contribution in [-0.4, -0.2) is 11.9 Å². The normalized spacial score (nSPS) is 18.1. The minimum atomic E-state index is 0. The fourth-order valence-electron chi connectivity index (χ4n) is 3.30. The predicted molar refractivity (Wildman–Crippen MR) is 118 cm³/mol. The van der Waals surface area contributed by atoms with Crippen molar-refractivity contribution in [3.8, 4) is 0 Å². The van der Waals surface area contributed by atoms with Crippen LogP contribution in [0.25, 0.3) is 0 Å². The van der Waals surface area contributed by atoms with Gasteiger partial charge in [-0.1, -0.05) is 48.4 Å². The number of nitrogens with one attached hydrogen (secondary N) is 2. The molecule has 0 aliphatic heterocycles. The molecular formula is C20H26Cl3N3O. The third-order valence-electron chi connectivity index (χ3n) is 4.74. The van der Waals surface area contributed by atoms with Crippen molar-refractivity contribution in [2.24, 2.45) is 11.7 Å². The van der Waals surface area contributed by atoms with E-state index in [1.54, 1.807) is 6.07 Å². The molecule has 0 bridgehead atoms. The topological polar surface area (TPSA) is 67.2 Å². The van der Waals surface area contributed by atoms with Gasteiger partial charge in [0.15, 0.2) is 0 Å². The number of hydrogen-bond donors (Lipinski definition) is 3. The first kappa shape index (κ1) is 23.6. The van der Waals surface area contributed by atoms with Gasteiger partial charge in [-0.15, -0.1) is 24.8 Å². The number of nitrogens with two attached hydrogens (primary N) is 1. The summed E-state index contributed by atoms with van der Waals surface area (Å²) in [4.78, 5) is 12.2. The van der Waals surface area contributed by atoms with Crippen molar-refractivity contribution in [1.82, 2.24) is 0 Å². The van der Waals surface area contributed by atoms with E-state index >= 15 is 0 Å². The van der Waals surface area contributed by atoms with Gasteiger partial charge in [0.25, 0.3) is 0 Å². The molecule has 0 unspecified atom stereocenters. The lowest BCUT2D eigenvalue weighted by Gasteiger charge is -2.15. The Kier molecular flexibility index (Phi) is 9.95. The summed E-state index contributed by atoms with van der Waals surface area (Å²) in [5.41, 5.74) is 8.78. The van der Waals surface area contributed by atoms with E-state index in [4.69, 9.17) is 17.3 Å². The van der Waals surface area contributed by atoms with Crippen LogP contribution < -0.4 is 16.4 Å².